The van der Waals surface area contributed by atoms with Crippen LogP contribution in [-0.2, 0) is 6.61 Å². The number of thiazole rings is 1. The van der Waals surface area contributed by atoms with Crippen molar-refractivity contribution in [1.82, 2.24) is 4.98 Å². The van der Waals surface area contributed by atoms with Crippen molar-refractivity contribution in [2.45, 2.75) is 13.5 Å². The summed E-state index contributed by atoms with van der Waals surface area (Å²) in [4.78, 5) is 4.57. The van der Waals surface area contributed by atoms with E-state index >= 15 is 0 Å². The summed E-state index contributed by atoms with van der Waals surface area (Å²) in [5, 5.41) is 7.76. The van der Waals surface area contributed by atoms with Crippen LogP contribution in [0.15, 0.2) is 83.3 Å². The van der Waals surface area contributed by atoms with E-state index in [9.17, 15) is 0 Å². The van der Waals surface area contributed by atoms with Gasteiger partial charge in [0, 0.05) is 16.0 Å². The topological polar surface area (TPSA) is 55.7 Å². The molecule has 0 spiro atoms. The lowest BCUT2D eigenvalue weighted by molar-refractivity contribution is 0.269. The molecule has 0 fully saturated rings. The van der Waals surface area contributed by atoms with E-state index in [4.69, 9.17) is 21.1 Å². The van der Waals surface area contributed by atoms with Crippen LogP contribution < -0.4 is 14.9 Å². The molecule has 1 aromatic heterocycles. The highest BCUT2D eigenvalue weighted by Gasteiger charge is 2.07. The number of hydrogen-bond donors (Lipinski definition) is 1. The third-order valence-electron chi connectivity index (χ3n) is 4.52. The van der Waals surface area contributed by atoms with E-state index in [0.717, 1.165) is 27.5 Å². The molecule has 0 amide bonds. The maximum Gasteiger partial charge on any atom is 0.203 e. The predicted octanol–water partition coefficient (Wildman–Crippen LogP) is 6.89. The molecule has 3 aromatic carbocycles. The van der Waals surface area contributed by atoms with Crippen molar-refractivity contribution in [3.8, 4) is 22.8 Å². The monoisotopic (exact) mass is 463 g/mol. The van der Waals surface area contributed by atoms with E-state index in [1.807, 2.05) is 85.1 Å². The van der Waals surface area contributed by atoms with Crippen LogP contribution in [0.1, 0.15) is 18.1 Å². The summed E-state index contributed by atoms with van der Waals surface area (Å²) >= 11 is 7.45. The van der Waals surface area contributed by atoms with Crippen LogP contribution >= 0.6 is 22.9 Å². The van der Waals surface area contributed by atoms with Gasteiger partial charge in [0.05, 0.1) is 18.5 Å². The van der Waals surface area contributed by atoms with Crippen LogP contribution in [0.3, 0.4) is 0 Å². The van der Waals surface area contributed by atoms with Crippen LogP contribution in [0.5, 0.6) is 11.5 Å². The Morgan fingerprint density at radius 2 is 1.81 bits per heavy atom. The third kappa shape index (κ3) is 5.87. The molecule has 32 heavy (non-hydrogen) atoms. The number of nitrogens with one attached hydrogen (secondary N) is 1. The lowest BCUT2D eigenvalue weighted by Gasteiger charge is -2.12. The fourth-order valence-electron chi connectivity index (χ4n) is 2.96. The number of halogens is 1. The van der Waals surface area contributed by atoms with Crippen molar-refractivity contribution in [1.29, 1.82) is 0 Å². The zero-order valence-electron chi connectivity index (χ0n) is 17.5. The van der Waals surface area contributed by atoms with Gasteiger partial charge in [-0.1, -0.05) is 54.1 Å². The molecular weight excluding hydrogens is 442 g/mol. The zero-order valence-corrected chi connectivity index (χ0v) is 19.1. The lowest BCUT2D eigenvalue weighted by atomic mass is 10.2. The maximum atomic E-state index is 5.95. The number of nitrogens with zero attached hydrogens (tertiary/aromatic N) is 2. The highest BCUT2D eigenvalue weighted by atomic mass is 35.5. The van der Waals surface area contributed by atoms with Gasteiger partial charge in [-0.2, -0.15) is 5.10 Å². The number of benzene rings is 3. The van der Waals surface area contributed by atoms with E-state index < -0.39 is 0 Å². The van der Waals surface area contributed by atoms with Gasteiger partial charge in [-0.25, -0.2) is 4.98 Å². The molecular formula is C25H22ClN3O2S. The minimum atomic E-state index is 0.431. The van der Waals surface area contributed by atoms with Gasteiger partial charge < -0.3 is 9.47 Å². The van der Waals surface area contributed by atoms with Crippen molar-refractivity contribution in [3.05, 3.63) is 94.3 Å². The van der Waals surface area contributed by atoms with E-state index in [1.165, 1.54) is 11.3 Å². The first-order valence-corrected chi connectivity index (χ1v) is 11.4. The molecule has 4 aromatic rings. The second kappa shape index (κ2) is 10.8. The van der Waals surface area contributed by atoms with Gasteiger partial charge in [-0.3, -0.25) is 5.43 Å². The molecule has 162 valence electrons. The molecule has 0 unspecified atom stereocenters. The van der Waals surface area contributed by atoms with Crippen LogP contribution in [0, 0.1) is 0 Å². The van der Waals surface area contributed by atoms with E-state index in [1.54, 1.807) is 6.21 Å². The Balaban J connectivity index is 1.40. The van der Waals surface area contributed by atoms with Crippen LogP contribution in [0.2, 0.25) is 5.02 Å². The summed E-state index contributed by atoms with van der Waals surface area (Å²) in [7, 11) is 0. The number of anilines is 1. The van der Waals surface area contributed by atoms with E-state index in [0.29, 0.717) is 29.7 Å². The van der Waals surface area contributed by atoms with Crippen molar-refractivity contribution in [3.63, 3.8) is 0 Å². The molecule has 0 aliphatic heterocycles. The second-order valence-electron chi connectivity index (χ2n) is 6.83. The van der Waals surface area contributed by atoms with Crippen molar-refractivity contribution >= 4 is 34.3 Å². The standard InChI is InChI=1S/C25H22ClN3O2S/c1-2-30-24-14-19(10-13-23(24)31-16-18-8-11-21(26)12-9-18)15-27-29-25-28-22(17-32-25)20-6-4-3-5-7-20/h3-15,17H,2,16H2,1H3,(H,28,29)/b27-15+. The molecule has 0 saturated heterocycles. The number of hydrazone groups is 1. The number of ether oxygens (including phenoxy) is 2. The van der Waals surface area contributed by atoms with Crippen molar-refractivity contribution < 1.29 is 9.47 Å². The molecule has 0 aliphatic rings. The Kier molecular flexibility index (Phi) is 7.38. The van der Waals surface area contributed by atoms with Gasteiger partial charge in [0.15, 0.2) is 11.5 Å². The predicted molar refractivity (Wildman–Crippen MR) is 132 cm³/mol. The molecule has 7 heteroatoms. The highest BCUT2D eigenvalue weighted by molar-refractivity contribution is 7.14. The molecule has 4 rings (SSSR count). The molecule has 1 heterocycles. The molecule has 0 aliphatic carbocycles. The molecule has 0 radical (unpaired) electrons. The van der Waals surface area contributed by atoms with Crippen molar-refractivity contribution in [2.75, 3.05) is 12.0 Å². The Morgan fingerprint density at radius 3 is 2.59 bits per heavy atom. The SMILES string of the molecule is CCOc1cc(/C=N/Nc2nc(-c3ccccc3)cs2)ccc1OCc1ccc(Cl)cc1. The molecule has 0 saturated carbocycles. The average molecular weight is 464 g/mol. The van der Waals surface area contributed by atoms with Gasteiger partial charge in [-0.15, -0.1) is 11.3 Å². The second-order valence-corrected chi connectivity index (χ2v) is 8.12. The number of hydrogen-bond acceptors (Lipinski definition) is 6. The van der Waals surface area contributed by atoms with Gasteiger partial charge >= 0.3 is 0 Å². The third-order valence-corrected chi connectivity index (χ3v) is 5.52. The fourth-order valence-corrected chi connectivity index (χ4v) is 3.76. The summed E-state index contributed by atoms with van der Waals surface area (Å²) in [6.45, 7) is 2.91. The van der Waals surface area contributed by atoms with Gasteiger partial charge in [0.25, 0.3) is 0 Å². The molecule has 0 bridgehead atoms. The summed E-state index contributed by atoms with van der Waals surface area (Å²) < 4.78 is 11.7. The van der Waals surface area contributed by atoms with Gasteiger partial charge in [0.1, 0.15) is 6.61 Å². The van der Waals surface area contributed by atoms with Crippen LogP contribution in [0.25, 0.3) is 11.3 Å². The maximum absolute atomic E-state index is 5.95. The smallest absolute Gasteiger partial charge is 0.203 e. The van der Waals surface area contributed by atoms with Gasteiger partial charge in [0.2, 0.25) is 5.13 Å². The minimum Gasteiger partial charge on any atom is -0.490 e. The highest BCUT2D eigenvalue weighted by Crippen LogP contribution is 2.29. The minimum absolute atomic E-state index is 0.431. The Labute approximate surface area is 196 Å². The average Bonchev–Trinajstić information content (AvgIpc) is 3.29. The van der Waals surface area contributed by atoms with Gasteiger partial charge in [-0.05, 0) is 48.4 Å². The lowest BCUT2D eigenvalue weighted by Crippen LogP contribution is -2.00. The van der Waals surface area contributed by atoms with Crippen LogP contribution in [-0.4, -0.2) is 17.8 Å². The first kappa shape index (κ1) is 21.9. The normalized spacial score (nSPS) is 10.9. The summed E-state index contributed by atoms with van der Waals surface area (Å²) in [5.41, 5.74) is 6.92. The summed E-state index contributed by atoms with van der Waals surface area (Å²) in [5.74, 6) is 1.35. The Hall–Kier alpha value is -3.35. The molecule has 0 atom stereocenters. The first-order valence-electron chi connectivity index (χ1n) is 10.2. The number of rotatable bonds is 9. The zero-order chi connectivity index (χ0) is 22.2. The summed E-state index contributed by atoms with van der Waals surface area (Å²) in [6, 6.07) is 23.4. The number of aromatic nitrogens is 1. The Morgan fingerprint density at radius 1 is 1.00 bits per heavy atom. The molecule has 5 nitrogen and oxygen atoms in total. The largest absolute Gasteiger partial charge is 0.490 e. The quantitative estimate of drug-likeness (QED) is 0.217. The molecule has 1 N–H and O–H groups in total. The Bertz CT molecular complexity index is 1180. The van der Waals surface area contributed by atoms with E-state index in [2.05, 4.69) is 15.5 Å². The fraction of sp³-hybridized carbons (Fsp3) is 0.120. The van der Waals surface area contributed by atoms with Crippen LogP contribution in [0.4, 0.5) is 5.13 Å². The van der Waals surface area contributed by atoms with Crippen molar-refractivity contribution in [2.24, 2.45) is 5.10 Å². The first-order chi connectivity index (χ1) is 15.7. The summed E-state index contributed by atoms with van der Waals surface area (Å²) in [6.07, 6.45) is 1.73. The van der Waals surface area contributed by atoms with E-state index in [-0.39, 0.29) is 0 Å².